The molecule has 2 rings (SSSR count). The van der Waals surface area contributed by atoms with Crippen LogP contribution in [0.15, 0.2) is 30.3 Å². The zero-order valence-electron chi connectivity index (χ0n) is 9.52. The predicted molar refractivity (Wildman–Crippen MR) is 63.1 cm³/mol. The van der Waals surface area contributed by atoms with Crippen molar-refractivity contribution in [2.75, 3.05) is 19.8 Å². The highest BCUT2D eigenvalue weighted by Gasteiger charge is 2.32. The average molecular weight is 221 g/mol. The fourth-order valence-corrected chi connectivity index (χ4v) is 1.97. The van der Waals surface area contributed by atoms with Crippen molar-refractivity contribution < 1.29 is 9.47 Å². The van der Waals surface area contributed by atoms with Crippen LogP contribution in [0, 0.1) is 0 Å². The first-order valence-electron chi connectivity index (χ1n) is 5.80. The molecule has 1 heterocycles. The standard InChI is InChI=1S/C13H19NO2/c14-10-13(7-4-8-15-11-13)16-9-12-5-2-1-3-6-12/h1-3,5-6H,4,7-11,14H2. The molecule has 1 saturated heterocycles. The van der Waals surface area contributed by atoms with Gasteiger partial charge in [-0.05, 0) is 18.4 Å². The molecule has 2 N–H and O–H groups in total. The first-order chi connectivity index (χ1) is 7.85. The summed E-state index contributed by atoms with van der Waals surface area (Å²) in [5.41, 5.74) is 6.71. The fraction of sp³-hybridized carbons (Fsp3) is 0.538. The Bertz CT molecular complexity index is 307. The van der Waals surface area contributed by atoms with Gasteiger partial charge in [-0.15, -0.1) is 0 Å². The maximum absolute atomic E-state index is 5.96. The molecule has 16 heavy (non-hydrogen) atoms. The maximum Gasteiger partial charge on any atom is 0.104 e. The Balaban J connectivity index is 1.92. The van der Waals surface area contributed by atoms with Crippen LogP contribution in [0.1, 0.15) is 18.4 Å². The van der Waals surface area contributed by atoms with Gasteiger partial charge in [0.2, 0.25) is 0 Å². The minimum atomic E-state index is -0.270. The van der Waals surface area contributed by atoms with E-state index in [0.717, 1.165) is 19.4 Å². The maximum atomic E-state index is 5.96. The molecular weight excluding hydrogens is 202 g/mol. The Morgan fingerprint density at radius 3 is 2.75 bits per heavy atom. The minimum absolute atomic E-state index is 0.270. The van der Waals surface area contributed by atoms with E-state index < -0.39 is 0 Å². The molecule has 1 atom stereocenters. The SMILES string of the molecule is NCC1(OCc2ccccc2)CCCOC1. The summed E-state index contributed by atoms with van der Waals surface area (Å²) in [6, 6.07) is 10.2. The van der Waals surface area contributed by atoms with Crippen LogP contribution in [0.25, 0.3) is 0 Å². The second kappa shape index (κ2) is 5.43. The lowest BCUT2D eigenvalue weighted by atomic mass is 9.96. The van der Waals surface area contributed by atoms with Crippen LogP contribution in [-0.2, 0) is 16.1 Å². The van der Waals surface area contributed by atoms with Crippen molar-refractivity contribution in [3.05, 3.63) is 35.9 Å². The average Bonchev–Trinajstić information content (AvgIpc) is 2.39. The highest BCUT2D eigenvalue weighted by atomic mass is 16.5. The molecule has 1 aliphatic rings. The Morgan fingerprint density at radius 1 is 1.31 bits per heavy atom. The number of hydrogen-bond acceptors (Lipinski definition) is 3. The molecule has 1 aromatic rings. The van der Waals surface area contributed by atoms with Gasteiger partial charge in [-0.3, -0.25) is 0 Å². The summed E-state index contributed by atoms with van der Waals surface area (Å²) < 4.78 is 11.4. The number of rotatable bonds is 4. The third-order valence-corrected chi connectivity index (χ3v) is 3.05. The van der Waals surface area contributed by atoms with Gasteiger partial charge in [0.15, 0.2) is 0 Å². The Labute approximate surface area is 96.5 Å². The summed E-state index contributed by atoms with van der Waals surface area (Å²) in [5.74, 6) is 0. The zero-order valence-corrected chi connectivity index (χ0v) is 9.52. The van der Waals surface area contributed by atoms with Gasteiger partial charge in [0.05, 0.1) is 13.2 Å². The molecule has 0 spiro atoms. The minimum Gasteiger partial charge on any atom is -0.378 e. The lowest BCUT2D eigenvalue weighted by Crippen LogP contribution is -2.47. The molecule has 0 bridgehead atoms. The smallest absolute Gasteiger partial charge is 0.104 e. The van der Waals surface area contributed by atoms with Crippen LogP contribution in [0.5, 0.6) is 0 Å². The molecule has 1 aromatic carbocycles. The summed E-state index contributed by atoms with van der Waals surface area (Å²) >= 11 is 0. The molecule has 3 heteroatoms. The van der Waals surface area contributed by atoms with Crippen LogP contribution >= 0.6 is 0 Å². The van der Waals surface area contributed by atoms with Gasteiger partial charge in [-0.1, -0.05) is 30.3 Å². The van der Waals surface area contributed by atoms with Crippen molar-refractivity contribution in [1.82, 2.24) is 0 Å². The topological polar surface area (TPSA) is 44.5 Å². The van der Waals surface area contributed by atoms with Crippen molar-refractivity contribution in [2.45, 2.75) is 25.0 Å². The van der Waals surface area contributed by atoms with Crippen LogP contribution < -0.4 is 5.73 Å². The zero-order chi connectivity index (χ0) is 11.3. The number of hydrogen-bond donors (Lipinski definition) is 1. The van der Waals surface area contributed by atoms with E-state index in [2.05, 4.69) is 12.1 Å². The van der Waals surface area contributed by atoms with E-state index >= 15 is 0 Å². The largest absolute Gasteiger partial charge is 0.378 e. The predicted octanol–water partition coefficient (Wildman–Crippen LogP) is 1.71. The summed E-state index contributed by atoms with van der Waals surface area (Å²) in [5, 5.41) is 0. The summed E-state index contributed by atoms with van der Waals surface area (Å²) in [7, 11) is 0. The molecule has 0 amide bonds. The quantitative estimate of drug-likeness (QED) is 0.841. The van der Waals surface area contributed by atoms with Crippen molar-refractivity contribution in [2.24, 2.45) is 5.73 Å². The molecule has 88 valence electrons. The third kappa shape index (κ3) is 2.82. The third-order valence-electron chi connectivity index (χ3n) is 3.05. The number of nitrogens with two attached hydrogens (primary N) is 1. The van der Waals surface area contributed by atoms with E-state index in [1.54, 1.807) is 0 Å². The van der Waals surface area contributed by atoms with Crippen molar-refractivity contribution >= 4 is 0 Å². The lowest BCUT2D eigenvalue weighted by Gasteiger charge is -2.35. The number of benzene rings is 1. The van der Waals surface area contributed by atoms with Gasteiger partial charge in [0, 0.05) is 13.2 Å². The van der Waals surface area contributed by atoms with E-state index in [4.69, 9.17) is 15.2 Å². The second-order valence-corrected chi connectivity index (χ2v) is 4.32. The van der Waals surface area contributed by atoms with E-state index in [1.165, 1.54) is 5.56 Å². The van der Waals surface area contributed by atoms with Gasteiger partial charge >= 0.3 is 0 Å². The molecule has 0 saturated carbocycles. The van der Waals surface area contributed by atoms with Gasteiger partial charge in [0.25, 0.3) is 0 Å². The molecule has 0 radical (unpaired) electrons. The molecule has 0 aromatic heterocycles. The van der Waals surface area contributed by atoms with Crippen molar-refractivity contribution in [3.63, 3.8) is 0 Å². The second-order valence-electron chi connectivity index (χ2n) is 4.32. The van der Waals surface area contributed by atoms with E-state index in [1.807, 2.05) is 18.2 Å². The van der Waals surface area contributed by atoms with Crippen LogP contribution in [0.3, 0.4) is 0 Å². The summed E-state index contributed by atoms with van der Waals surface area (Å²) in [4.78, 5) is 0. The number of ether oxygens (including phenoxy) is 2. The Hall–Kier alpha value is -0.900. The summed E-state index contributed by atoms with van der Waals surface area (Å²) in [6.07, 6.45) is 2.03. The van der Waals surface area contributed by atoms with Gasteiger partial charge < -0.3 is 15.2 Å². The van der Waals surface area contributed by atoms with E-state index in [9.17, 15) is 0 Å². The first-order valence-corrected chi connectivity index (χ1v) is 5.80. The first kappa shape index (κ1) is 11.6. The molecule has 1 unspecified atom stereocenters. The highest BCUT2D eigenvalue weighted by Crippen LogP contribution is 2.23. The Kier molecular flexibility index (Phi) is 3.93. The molecule has 0 aliphatic carbocycles. The van der Waals surface area contributed by atoms with Crippen LogP contribution in [-0.4, -0.2) is 25.4 Å². The van der Waals surface area contributed by atoms with Crippen molar-refractivity contribution in [3.8, 4) is 0 Å². The van der Waals surface area contributed by atoms with Crippen molar-refractivity contribution in [1.29, 1.82) is 0 Å². The van der Waals surface area contributed by atoms with Crippen LogP contribution in [0.2, 0.25) is 0 Å². The lowest BCUT2D eigenvalue weighted by molar-refractivity contribution is -0.130. The highest BCUT2D eigenvalue weighted by molar-refractivity contribution is 5.13. The van der Waals surface area contributed by atoms with E-state index in [0.29, 0.717) is 19.8 Å². The Morgan fingerprint density at radius 2 is 2.12 bits per heavy atom. The van der Waals surface area contributed by atoms with Gasteiger partial charge in [-0.25, -0.2) is 0 Å². The van der Waals surface area contributed by atoms with Gasteiger partial charge in [0.1, 0.15) is 5.60 Å². The fourth-order valence-electron chi connectivity index (χ4n) is 1.97. The normalized spacial score (nSPS) is 25.6. The summed E-state index contributed by atoms with van der Waals surface area (Å²) in [6.45, 7) is 2.59. The van der Waals surface area contributed by atoms with Crippen LogP contribution in [0.4, 0.5) is 0 Å². The van der Waals surface area contributed by atoms with Gasteiger partial charge in [-0.2, -0.15) is 0 Å². The molecular formula is C13H19NO2. The molecule has 3 nitrogen and oxygen atoms in total. The molecule has 1 aliphatic heterocycles. The monoisotopic (exact) mass is 221 g/mol. The van der Waals surface area contributed by atoms with E-state index in [-0.39, 0.29) is 5.60 Å². The molecule has 1 fully saturated rings.